The van der Waals surface area contributed by atoms with E-state index in [4.69, 9.17) is 4.74 Å². The predicted molar refractivity (Wildman–Crippen MR) is 75.0 cm³/mol. The molecule has 1 fully saturated rings. The highest BCUT2D eigenvalue weighted by Gasteiger charge is 2.21. The maximum atomic E-state index is 12.2. The summed E-state index contributed by atoms with van der Waals surface area (Å²) in [6.07, 6.45) is 0.932. The van der Waals surface area contributed by atoms with Crippen molar-refractivity contribution in [3.8, 4) is 5.75 Å². The Bertz CT molecular complexity index is 614. The third kappa shape index (κ3) is 3.70. The normalized spacial score (nSPS) is 17.9. The number of halogens is 2. The van der Waals surface area contributed by atoms with Crippen LogP contribution >= 0.6 is 0 Å². The van der Waals surface area contributed by atoms with Crippen LogP contribution < -0.4 is 10.1 Å². The largest absolute Gasteiger partial charge is 0.435 e. The molecule has 3 rings (SSSR count). The summed E-state index contributed by atoms with van der Waals surface area (Å²) in [6.45, 7) is -1.02. The number of alkyl halides is 2. The molecule has 2 N–H and O–H groups in total. The van der Waals surface area contributed by atoms with Gasteiger partial charge in [-0.2, -0.15) is 13.8 Å². The number of rotatable bonds is 6. The Morgan fingerprint density at radius 3 is 3.14 bits per heavy atom. The molecule has 1 atom stereocenters. The van der Waals surface area contributed by atoms with Crippen LogP contribution in [0.2, 0.25) is 0 Å². The topological polar surface area (TPSA) is 72.1 Å². The van der Waals surface area contributed by atoms with E-state index in [0.29, 0.717) is 19.1 Å². The zero-order valence-electron chi connectivity index (χ0n) is 11.8. The number of ether oxygens (including phenoxy) is 2. The molecule has 2 heterocycles. The highest BCUT2D eigenvalue weighted by Crippen LogP contribution is 2.22. The fourth-order valence-electron chi connectivity index (χ4n) is 2.30. The van der Waals surface area contributed by atoms with Gasteiger partial charge in [-0.15, -0.1) is 5.10 Å². The van der Waals surface area contributed by atoms with E-state index in [0.717, 1.165) is 24.4 Å². The second kappa shape index (κ2) is 6.69. The zero-order valence-corrected chi connectivity index (χ0v) is 11.8. The van der Waals surface area contributed by atoms with Gasteiger partial charge in [-0.25, -0.2) is 0 Å². The van der Waals surface area contributed by atoms with Gasteiger partial charge in [-0.1, -0.05) is 12.1 Å². The summed E-state index contributed by atoms with van der Waals surface area (Å²) in [4.78, 5) is 4.37. The van der Waals surface area contributed by atoms with Crippen LogP contribution in [0.5, 0.6) is 5.75 Å². The molecule has 0 amide bonds. The maximum Gasteiger partial charge on any atom is 0.387 e. The molecule has 8 heteroatoms. The first-order chi connectivity index (χ1) is 10.7. The summed E-state index contributed by atoms with van der Waals surface area (Å²) in [5.41, 5.74) is 0.800. The van der Waals surface area contributed by atoms with Gasteiger partial charge in [0, 0.05) is 19.1 Å². The lowest BCUT2D eigenvalue weighted by Crippen LogP contribution is -2.04. The minimum absolute atomic E-state index is 0.132. The quantitative estimate of drug-likeness (QED) is 0.858. The molecule has 6 nitrogen and oxygen atoms in total. The van der Waals surface area contributed by atoms with Crippen molar-refractivity contribution in [3.05, 3.63) is 35.7 Å². The summed E-state index contributed by atoms with van der Waals surface area (Å²) >= 11 is 0. The smallest absolute Gasteiger partial charge is 0.387 e. The van der Waals surface area contributed by atoms with E-state index >= 15 is 0 Å². The number of nitrogens with one attached hydrogen (secondary N) is 2. The molecule has 1 aromatic heterocycles. The first-order valence-electron chi connectivity index (χ1n) is 6.98. The molecule has 1 aromatic carbocycles. The Kier molecular flexibility index (Phi) is 4.47. The Morgan fingerprint density at radius 2 is 2.36 bits per heavy atom. The predicted octanol–water partition coefficient (Wildman–Crippen LogP) is 2.52. The molecular formula is C14H16F2N4O2. The monoisotopic (exact) mass is 310 g/mol. The lowest BCUT2D eigenvalue weighted by molar-refractivity contribution is -0.0498. The number of benzene rings is 1. The third-order valence-electron chi connectivity index (χ3n) is 3.39. The van der Waals surface area contributed by atoms with E-state index in [-0.39, 0.29) is 11.7 Å². The average molecular weight is 310 g/mol. The van der Waals surface area contributed by atoms with E-state index in [1.165, 1.54) is 6.07 Å². The lowest BCUT2D eigenvalue weighted by Gasteiger charge is -2.07. The Labute approximate surface area is 125 Å². The molecule has 1 saturated heterocycles. The second-order valence-corrected chi connectivity index (χ2v) is 4.98. The van der Waals surface area contributed by atoms with Crippen LogP contribution in [0.4, 0.5) is 14.7 Å². The Hall–Kier alpha value is -2.22. The number of nitrogens with zero attached hydrogens (tertiary/aromatic N) is 2. The van der Waals surface area contributed by atoms with Gasteiger partial charge in [0.2, 0.25) is 5.95 Å². The molecule has 118 valence electrons. The van der Waals surface area contributed by atoms with Crippen molar-refractivity contribution in [2.45, 2.75) is 25.5 Å². The van der Waals surface area contributed by atoms with E-state index < -0.39 is 6.61 Å². The molecule has 0 aliphatic carbocycles. The van der Waals surface area contributed by atoms with Crippen molar-refractivity contribution in [1.82, 2.24) is 15.2 Å². The number of hydrogen-bond donors (Lipinski definition) is 2. The molecule has 1 aliphatic rings. The molecule has 0 bridgehead atoms. The zero-order chi connectivity index (χ0) is 15.4. The minimum Gasteiger partial charge on any atom is -0.435 e. The van der Waals surface area contributed by atoms with Gasteiger partial charge in [0.1, 0.15) is 11.6 Å². The van der Waals surface area contributed by atoms with Crippen molar-refractivity contribution in [3.63, 3.8) is 0 Å². The number of aromatic amines is 1. The molecular weight excluding hydrogens is 294 g/mol. The van der Waals surface area contributed by atoms with Gasteiger partial charge >= 0.3 is 6.61 Å². The second-order valence-electron chi connectivity index (χ2n) is 4.98. The van der Waals surface area contributed by atoms with Crippen molar-refractivity contribution < 1.29 is 18.3 Å². The average Bonchev–Trinajstić information content (AvgIpc) is 3.16. The van der Waals surface area contributed by atoms with E-state index in [9.17, 15) is 8.78 Å². The van der Waals surface area contributed by atoms with Crippen LogP contribution in [-0.2, 0) is 11.3 Å². The Morgan fingerprint density at radius 1 is 1.45 bits per heavy atom. The lowest BCUT2D eigenvalue weighted by atomic mass is 10.1. The van der Waals surface area contributed by atoms with Crippen LogP contribution in [0.3, 0.4) is 0 Å². The van der Waals surface area contributed by atoms with Crippen LogP contribution in [0, 0.1) is 0 Å². The minimum atomic E-state index is -2.83. The molecule has 1 unspecified atom stereocenters. The molecule has 22 heavy (non-hydrogen) atoms. The van der Waals surface area contributed by atoms with Crippen molar-refractivity contribution in [1.29, 1.82) is 0 Å². The number of anilines is 1. The molecule has 2 aromatic rings. The van der Waals surface area contributed by atoms with Crippen LogP contribution in [0.15, 0.2) is 24.3 Å². The number of H-pyrrole nitrogens is 1. The molecule has 0 saturated carbocycles. The molecule has 0 radical (unpaired) electrons. The van der Waals surface area contributed by atoms with Gasteiger partial charge in [-0.05, 0) is 24.1 Å². The standard InChI is InChI=1S/C14H16F2N4O2/c15-13(16)22-11-3-1-2-9(6-11)7-17-14-18-12(19-20-14)10-4-5-21-8-10/h1-3,6,10,13H,4-5,7-8H2,(H2,17,18,19,20). The maximum absolute atomic E-state index is 12.2. The summed E-state index contributed by atoms with van der Waals surface area (Å²) in [5.74, 6) is 1.66. The number of hydrogen-bond acceptors (Lipinski definition) is 5. The summed E-state index contributed by atoms with van der Waals surface area (Å²) in [6, 6.07) is 6.51. The van der Waals surface area contributed by atoms with Gasteiger partial charge in [0.25, 0.3) is 0 Å². The van der Waals surface area contributed by atoms with Crippen LogP contribution in [0.1, 0.15) is 23.7 Å². The highest BCUT2D eigenvalue weighted by molar-refractivity contribution is 5.32. The molecule has 1 aliphatic heterocycles. The van der Waals surface area contributed by atoms with Gasteiger partial charge in [-0.3, -0.25) is 5.10 Å². The first-order valence-corrected chi connectivity index (χ1v) is 6.98. The van der Waals surface area contributed by atoms with Crippen molar-refractivity contribution >= 4 is 5.95 Å². The van der Waals surface area contributed by atoms with E-state index in [2.05, 4.69) is 25.2 Å². The SMILES string of the molecule is FC(F)Oc1cccc(CNc2n[nH]c(C3CCOC3)n2)c1. The van der Waals surface area contributed by atoms with Crippen molar-refractivity contribution in [2.24, 2.45) is 0 Å². The first kappa shape index (κ1) is 14.7. The molecule has 0 spiro atoms. The van der Waals surface area contributed by atoms with Crippen LogP contribution in [-0.4, -0.2) is 35.0 Å². The van der Waals surface area contributed by atoms with E-state index in [1.54, 1.807) is 12.1 Å². The fraction of sp³-hybridized carbons (Fsp3) is 0.429. The van der Waals surface area contributed by atoms with Gasteiger partial charge < -0.3 is 14.8 Å². The third-order valence-corrected chi connectivity index (χ3v) is 3.39. The summed E-state index contributed by atoms with van der Waals surface area (Å²) < 4.78 is 34.0. The van der Waals surface area contributed by atoms with E-state index in [1.807, 2.05) is 6.07 Å². The van der Waals surface area contributed by atoms with Gasteiger partial charge in [0.15, 0.2) is 0 Å². The summed E-state index contributed by atoms with van der Waals surface area (Å²) in [7, 11) is 0. The van der Waals surface area contributed by atoms with Gasteiger partial charge in [0.05, 0.1) is 6.61 Å². The highest BCUT2D eigenvalue weighted by atomic mass is 19.3. The Balaban J connectivity index is 1.58. The summed E-state index contributed by atoms with van der Waals surface area (Å²) in [5, 5.41) is 10.0. The fourth-order valence-corrected chi connectivity index (χ4v) is 2.30. The van der Waals surface area contributed by atoms with Crippen molar-refractivity contribution in [2.75, 3.05) is 18.5 Å². The van der Waals surface area contributed by atoms with Crippen LogP contribution in [0.25, 0.3) is 0 Å². The number of aromatic nitrogens is 3.